The molecular formula is C14H18N4O. The quantitative estimate of drug-likeness (QED) is 0.801. The second kappa shape index (κ2) is 6.04. The first kappa shape index (κ1) is 13.1. The van der Waals surface area contributed by atoms with E-state index in [1.54, 1.807) is 10.9 Å². The van der Waals surface area contributed by atoms with E-state index in [1.807, 2.05) is 37.4 Å². The molecule has 0 aliphatic rings. The maximum atomic E-state index is 11.6. The van der Waals surface area contributed by atoms with E-state index in [0.717, 1.165) is 23.2 Å². The van der Waals surface area contributed by atoms with Crippen molar-refractivity contribution in [3.8, 4) is 11.1 Å². The lowest BCUT2D eigenvalue weighted by atomic mass is 10.1. The summed E-state index contributed by atoms with van der Waals surface area (Å²) in [4.78, 5) is 11.6. The van der Waals surface area contributed by atoms with Crippen LogP contribution in [0.4, 0.5) is 5.69 Å². The van der Waals surface area contributed by atoms with Crippen LogP contribution in [0.2, 0.25) is 0 Å². The summed E-state index contributed by atoms with van der Waals surface area (Å²) in [5.41, 5.74) is 8.39. The van der Waals surface area contributed by atoms with Gasteiger partial charge < -0.3 is 11.1 Å². The Morgan fingerprint density at radius 3 is 2.74 bits per heavy atom. The minimum Gasteiger partial charge on any atom is -0.399 e. The first-order chi connectivity index (χ1) is 9.19. The zero-order valence-electron chi connectivity index (χ0n) is 11.0. The molecule has 0 saturated heterocycles. The highest BCUT2D eigenvalue weighted by Crippen LogP contribution is 2.19. The lowest BCUT2D eigenvalue weighted by Gasteiger charge is -2.03. The summed E-state index contributed by atoms with van der Waals surface area (Å²) in [5, 5.41) is 7.01. The summed E-state index contributed by atoms with van der Waals surface area (Å²) in [6.45, 7) is 2.97. The Balaban J connectivity index is 2.02. The number of nitrogens with zero attached hydrogens (tertiary/aromatic N) is 2. The number of carbonyl (C=O) groups excluding carboxylic acids is 1. The van der Waals surface area contributed by atoms with Crippen molar-refractivity contribution >= 4 is 11.6 Å². The molecular weight excluding hydrogens is 240 g/mol. The number of hydrogen-bond acceptors (Lipinski definition) is 3. The highest BCUT2D eigenvalue weighted by molar-refractivity contribution is 5.75. The van der Waals surface area contributed by atoms with E-state index < -0.39 is 0 Å². The second-order valence-electron chi connectivity index (χ2n) is 4.40. The molecule has 19 heavy (non-hydrogen) atoms. The number of nitrogen functional groups attached to an aromatic ring is 1. The Morgan fingerprint density at radius 1 is 1.32 bits per heavy atom. The average molecular weight is 258 g/mol. The van der Waals surface area contributed by atoms with Crippen LogP contribution in [0.15, 0.2) is 36.7 Å². The lowest BCUT2D eigenvalue weighted by Crippen LogP contribution is -2.28. The number of rotatable bonds is 5. The monoisotopic (exact) mass is 258 g/mol. The maximum absolute atomic E-state index is 11.6. The van der Waals surface area contributed by atoms with Gasteiger partial charge in [-0.1, -0.05) is 19.1 Å². The topological polar surface area (TPSA) is 72.9 Å². The Labute approximate surface area is 112 Å². The molecule has 1 amide bonds. The van der Waals surface area contributed by atoms with Crippen LogP contribution in [0.1, 0.15) is 13.3 Å². The molecule has 1 aromatic heterocycles. The zero-order chi connectivity index (χ0) is 13.7. The fourth-order valence-electron chi connectivity index (χ4n) is 1.74. The van der Waals surface area contributed by atoms with Gasteiger partial charge in [0, 0.05) is 24.0 Å². The van der Waals surface area contributed by atoms with Crippen molar-refractivity contribution in [2.45, 2.75) is 19.9 Å². The molecule has 1 aromatic carbocycles. The Hall–Kier alpha value is -2.30. The van der Waals surface area contributed by atoms with Crippen molar-refractivity contribution in [1.29, 1.82) is 0 Å². The molecule has 5 heteroatoms. The van der Waals surface area contributed by atoms with Crippen LogP contribution in [0.5, 0.6) is 0 Å². The molecule has 0 spiro atoms. The van der Waals surface area contributed by atoms with Crippen LogP contribution in [-0.2, 0) is 11.3 Å². The number of amides is 1. The largest absolute Gasteiger partial charge is 0.399 e. The summed E-state index contributed by atoms with van der Waals surface area (Å²) < 4.78 is 1.64. The van der Waals surface area contributed by atoms with Crippen molar-refractivity contribution in [2.75, 3.05) is 12.3 Å². The third kappa shape index (κ3) is 3.58. The summed E-state index contributed by atoms with van der Waals surface area (Å²) in [5.74, 6) is -0.0196. The second-order valence-corrected chi connectivity index (χ2v) is 4.40. The van der Waals surface area contributed by atoms with Crippen molar-refractivity contribution < 1.29 is 4.79 Å². The predicted molar refractivity (Wildman–Crippen MR) is 75.4 cm³/mol. The molecule has 0 saturated carbocycles. The van der Waals surface area contributed by atoms with Gasteiger partial charge in [0.2, 0.25) is 5.91 Å². The highest BCUT2D eigenvalue weighted by atomic mass is 16.2. The van der Waals surface area contributed by atoms with Gasteiger partial charge in [-0.2, -0.15) is 5.10 Å². The number of carbonyl (C=O) groups is 1. The van der Waals surface area contributed by atoms with Gasteiger partial charge in [0.25, 0.3) is 0 Å². The highest BCUT2D eigenvalue weighted by Gasteiger charge is 2.05. The van der Waals surface area contributed by atoms with E-state index >= 15 is 0 Å². The molecule has 0 radical (unpaired) electrons. The predicted octanol–water partition coefficient (Wildman–Crippen LogP) is 1.66. The SMILES string of the molecule is CCCNC(=O)Cn1cc(-c2ccc(N)cc2)cn1. The molecule has 2 rings (SSSR count). The number of anilines is 1. The first-order valence-electron chi connectivity index (χ1n) is 6.34. The van der Waals surface area contributed by atoms with Gasteiger partial charge in [0.1, 0.15) is 6.54 Å². The number of benzene rings is 1. The maximum Gasteiger partial charge on any atom is 0.241 e. The lowest BCUT2D eigenvalue weighted by molar-refractivity contribution is -0.121. The Kier molecular flexibility index (Phi) is 4.18. The van der Waals surface area contributed by atoms with E-state index in [4.69, 9.17) is 5.73 Å². The Bertz CT molecular complexity index is 545. The van der Waals surface area contributed by atoms with Gasteiger partial charge in [-0.25, -0.2) is 0 Å². The zero-order valence-corrected chi connectivity index (χ0v) is 11.0. The van der Waals surface area contributed by atoms with Crippen LogP contribution in [0.3, 0.4) is 0 Å². The third-order valence-corrected chi connectivity index (χ3v) is 2.76. The molecule has 1 heterocycles. The minimum atomic E-state index is -0.0196. The van der Waals surface area contributed by atoms with Crippen LogP contribution < -0.4 is 11.1 Å². The van der Waals surface area contributed by atoms with Crippen LogP contribution >= 0.6 is 0 Å². The number of hydrogen-bond donors (Lipinski definition) is 2. The normalized spacial score (nSPS) is 10.4. The van der Waals surface area contributed by atoms with Crippen molar-refractivity contribution in [2.24, 2.45) is 0 Å². The average Bonchev–Trinajstić information content (AvgIpc) is 2.85. The first-order valence-corrected chi connectivity index (χ1v) is 6.34. The summed E-state index contributed by atoms with van der Waals surface area (Å²) in [7, 11) is 0. The minimum absolute atomic E-state index is 0.0196. The number of nitrogens with one attached hydrogen (secondary N) is 1. The van der Waals surface area contributed by atoms with Crippen LogP contribution in [0, 0.1) is 0 Å². The molecule has 0 bridgehead atoms. The van der Waals surface area contributed by atoms with E-state index in [1.165, 1.54) is 0 Å². The summed E-state index contributed by atoms with van der Waals surface area (Å²) in [6, 6.07) is 7.57. The molecule has 0 aliphatic heterocycles. The van der Waals surface area contributed by atoms with Crippen molar-refractivity contribution in [3.63, 3.8) is 0 Å². The van der Waals surface area contributed by atoms with Crippen molar-refractivity contribution in [1.82, 2.24) is 15.1 Å². The number of aromatic nitrogens is 2. The van der Waals surface area contributed by atoms with Gasteiger partial charge in [0.15, 0.2) is 0 Å². The molecule has 2 aromatic rings. The van der Waals surface area contributed by atoms with Crippen molar-refractivity contribution in [3.05, 3.63) is 36.7 Å². The molecule has 5 nitrogen and oxygen atoms in total. The molecule has 0 fully saturated rings. The van der Waals surface area contributed by atoms with Gasteiger partial charge in [-0.3, -0.25) is 9.48 Å². The van der Waals surface area contributed by atoms with E-state index in [-0.39, 0.29) is 12.5 Å². The smallest absolute Gasteiger partial charge is 0.241 e. The van der Waals surface area contributed by atoms with E-state index in [2.05, 4.69) is 10.4 Å². The standard InChI is InChI=1S/C14H18N4O/c1-2-7-16-14(19)10-18-9-12(8-17-18)11-3-5-13(15)6-4-11/h3-6,8-9H,2,7,10,15H2,1H3,(H,16,19). The summed E-state index contributed by atoms with van der Waals surface area (Å²) in [6.07, 6.45) is 4.54. The van der Waals surface area contributed by atoms with Crippen LogP contribution in [-0.4, -0.2) is 22.2 Å². The van der Waals surface area contributed by atoms with Gasteiger partial charge in [-0.15, -0.1) is 0 Å². The third-order valence-electron chi connectivity index (χ3n) is 2.76. The van der Waals surface area contributed by atoms with E-state index in [9.17, 15) is 4.79 Å². The van der Waals surface area contributed by atoms with E-state index in [0.29, 0.717) is 6.54 Å². The summed E-state index contributed by atoms with van der Waals surface area (Å²) >= 11 is 0. The van der Waals surface area contributed by atoms with Gasteiger partial charge in [0.05, 0.1) is 6.20 Å². The fraction of sp³-hybridized carbons (Fsp3) is 0.286. The number of nitrogens with two attached hydrogens (primary N) is 1. The van der Waals surface area contributed by atoms with Crippen LogP contribution in [0.25, 0.3) is 11.1 Å². The molecule has 0 atom stereocenters. The molecule has 100 valence electrons. The molecule has 0 unspecified atom stereocenters. The Morgan fingerprint density at radius 2 is 2.05 bits per heavy atom. The van der Waals surface area contributed by atoms with Gasteiger partial charge in [-0.05, 0) is 24.1 Å². The molecule has 0 aliphatic carbocycles. The van der Waals surface area contributed by atoms with Gasteiger partial charge >= 0.3 is 0 Å². The molecule has 3 N–H and O–H groups in total. The fourth-order valence-corrected chi connectivity index (χ4v) is 1.74.